The lowest BCUT2D eigenvalue weighted by Gasteiger charge is -2.32. The van der Waals surface area contributed by atoms with E-state index in [9.17, 15) is 8.42 Å². The molecule has 0 aromatic carbocycles. The molecule has 1 aliphatic rings. The average Bonchev–Trinajstić information content (AvgIpc) is 2.69. The lowest BCUT2D eigenvalue weighted by molar-refractivity contribution is 0.170. The first-order valence-electron chi connectivity index (χ1n) is 6.36. The van der Waals surface area contributed by atoms with Crippen molar-refractivity contribution < 1.29 is 12.8 Å². The van der Waals surface area contributed by atoms with Crippen molar-refractivity contribution in [2.45, 2.75) is 20.0 Å². The van der Waals surface area contributed by atoms with Crippen molar-refractivity contribution in [3.8, 4) is 0 Å². The minimum absolute atomic E-state index is 0.410. The molecule has 1 saturated heterocycles. The highest BCUT2D eigenvalue weighted by atomic mass is 32.2. The summed E-state index contributed by atoms with van der Waals surface area (Å²) in [6.45, 7) is 5.64. The smallest absolute Gasteiger partial charge is 0.211 e. The molecule has 0 amide bonds. The SMILES string of the molecule is Cc1cc(CN2CCN(S(C)(=O)=O)CC2)oc1CN. The Bertz CT molecular complexity index is 530. The first kappa shape index (κ1) is 14.5. The Labute approximate surface area is 114 Å². The summed E-state index contributed by atoms with van der Waals surface area (Å²) in [4.78, 5) is 2.19. The lowest BCUT2D eigenvalue weighted by Crippen LogP contribution is -2.47. The molecule has 0 bridgehead atoms. The van der Waals surface area contributed by atoms with Gasteiger partial charge >= 0.3 is 0 Å². The summed E-state index contributed by atoms with van der Waals surface area (Å²) in [7, 11) is -3.06. The first-order chi connectivity index (χ1) is 8.90. The molecule has 1 aromatic rings. The Morgan fingerprint density at radius 2 is 1.95 bits per heavy atom. The van der Waals surface area contributed by atoms with E-state index >= 15 is 0 Å². The maximum atomic E-state index is 11.4. The normalized spacial score (nSPS) is 18.9. The first-order valence-corrected chi connectivity index (χ1v) is 8.20. The second kappa shape index (κ2) is 5.62. The van der Waals surface area contributed by atoms with Crippen LogP contribution < -0.4 is 5.73 Å². The Morgan fingerprint density at radius 1 is 1.32 bits per heavy atom. The molecule has 0 radical (unpaired) electrons. The number of hydrogen-bond donors (Lipinski definition) is 1. The van der Waals surface area contributed by atoms with E-state index in [0.717, 1.165) is 30.2 Å². The van der Waals surface area contributed by atoms with Crippen molar-refractivity contribution in [3.05, 3.63) is 23.2 Å². The number of piperazine rings is 1. The number of nitrogens with zero attached hydrogens (tertiary/aromatic N) is 2. The topological polar surface area (TPSA) is 79.8 Å². The van der Waals surface area contributed by atoms with Gasteiger partial charge in [0, 0.05) is 26.2 Å². The molecule has 0 unspecified atom stereocenters. The number of nitrogens with two attached hydrogens (primary N) is 1. The molecule has 2 heterocycles. The predicted octanol–water partition coefficient (Wildman–Crippen LogP) is 0.124. The number of sulfonamides is 1. The Kier molecular flexibility index (Phi) is 4.29. The number of furan rings is 1. The van der Waals surface area contributed by atoms with Crippen molar-refractivity contribution in [3.63, 3.8) is 0 Å². The number of rotatable bonds is 4. The Morgan fingerprint density at radius 3 is 2.42 bits per heavy atom. The van der Waals surface area contributed by atoms with Crippen LogP contribution in [0.5, 0.6) is 0 Å². The second-order valence-corrected chi connectivity index (χ2v) is 6.94. The summed E-state index contributed by atoms with van der Waals surface area (Å²) in [6, 6.07) is 2.01. The fraction of sp³-hybridized carbons (Fsp3) is 0.667. The molecule has 1 fully saturated rings. The predicted molar refractivity (Wildman–Crippen MR) is 73.0 cm³/mol. The molecule has 7 heteroatoms. The highest BCUT2D eigenvalue weighted by Crippen LogP contribution is 2.17. The molecule has 19 heavy (non-hydrogen) atoms. The Hall–Kier alpha value is -0.890. The average molecular weight is 287 g/mol. The maximum absolute atomic E-state index is 11.4. The molecule has 2 N–H and O–H groups in total. The van der Waals surface area contributed by atoms with Crippen LogP contribution in [0.15, 0.2) is 10.5 Å². The number of hydrogen-bond acceptors (Lipinski definition) is 5. The molecule has 0 spiro atoms. The summed E-state index contributed by atoms with van der Waals surface area (Å²) < 4.78 is 30.0. The van der Waals surface area contributed by atoms with Crippen molar-refractivity contribution in [1.29, 1.82) is 0 Å². The van der Waals surface area contributed by atoms with E-state index in [1.807, 2.05) is 13.0 Å². The summed E-state index contributed by atoms with van der Waals surface area (Å²) in [6.07, 6.45) is 1.26. The zero-order chi connectivity index (χ0) is 14.0. The van der Waals surface area contributed by atoms with Crippen LogP contribution in [0.4, 0.5) is 0 Å². The quantitative estimate of drug-likeness (QED) is 0.851. The largest absolute Gasteiger partial charge is 0.463 e. The Balaban J connectivity index is 1.92. The van der Waals surface area contributed by atoms with Crippen LogP contribution in [0.2, 0.25) is 0 Å². The third-order valence-corrected chi connectivity index (χ3v) is 4.74. The minimum atomic E-state index is -3.06. The standard InChI is InChI=1S/C12H21N3O3S/c1-10-7-11(18-12(10)8-13)9-14-3-5-15(6-4-14)19(2,16)17/h7H,3-6,8-9,13H2,1-2H3. The zero-order valence-corrected chi connectivity index (χ0v) is 12.2. The van der Waals surface area contributed by atoms with Crippen LogP contribution in [-0.2, 0) is 23.1 Å². The van der Waals surface area contributed by atoms with Gasteiger partial charge in [-0.2, -0.15) is 4.31 Å². The fourth-order valence-electron chi connectivity index (χ4n) is 2.31. The van der Waals surface area contributed by atoms with Gasteiger partial charge in [-0.05, 0) is 18.6 Å². The summed E-state index contributed by atoms with van der Waals surface area (Å²) in [5.74, 6) is 1.72. The number of aryl methyl sites for hydroxylation is 1. The van der Waals surface area contributed by atoms with Crippen molar-refractivity contribution in [2.24, 2.45) is 5.73 Å². The van der Waals surface area contributed by atoms with Crippen LogP contribution >= 0.6 is 0 Å². The third-order valence-electron chi connectivity index (χ3n) is 3.44. The van der Waals surface area contributed by atoms with E-state index in [4.69, 9.17) is 10.2 Å². The van der Waals surface area contributed by atoms with E-state index < -0.39 is 10.0 Å². The zero-order valence-electron chi connectivity index (χ0n) is 11.4. The molecule has 0 aliphatic carbocycles. The van der Waals surface area contributed by atoms with Crippen LogP contribution in [0.25, 0.3) is 0 Å². The van der Waals surface area contributed by atoms with Crippen LogP contribution in [-0.4, -0.2) is 50.1 Å². The molecule has 6 nitrogen and oxygen atoms in total. The van der Waals surface area contributed by atoms with E-state index in [-0.39, 0.29) is 0 Å². The van der Waals surface area contributed by atoms with E-state index in [0.29, 0.717) is 26.2 Å². The highest BCUT2D eigenvalue weighted by molar-refractivity contribution is 7.88. The van der Waals surface area contributed by atoms with Gasteiger partial charge in [-0.1, -0.05) is 0 Å². The molecule has 108 valence electrons. The monoisotopic (exact) mass is 287 g/mol. The fourth-order valence-corrected chi connectivity index (χ4v) is 3.14. The van der Waals surface area contributed by atoms with Gasteiger partial charge in [0.1, 0.15) is 11.5 Å². The van der Waals surface area contributed by atoms with Crippen LogP contribution in [0.3, 0.4) is 0 Å². The van der Waals surface area contributed by atoms with Gasteiger partial charge in [-0.25, -0.2) is 8.42 Å². The van der Waals surface area contributed by atoms with Gasteiger partial charge < -0.3 is 10.2 Å². The van der Waals surface area contributed by atoms with E-state index in [2.05, 4.69) is 4.90 Å². The van der Waals surface area contributed by atoms with Crippen LogP contribution in [0.1, 0.15) is 17.1 Å². The summed E-state index contributed by atoms with van der Waals surface area (Å²) in [5.41, 5.74) is 6.66. The van der Waals surface area contributed by atoms with Gasteiger partial charge in [-0.3, -0.25) is 4.90 Å². The lowest BCUT2D eigenvalue weighted by atomic mass is 10.2. The highest BCUT2D eigenvalue weighted by Gasteiger charge is 2.23. The van der Waals surface area contributed by atoms with Gasteiger partial charge in [0.05, 0.1) is 19.3 Å². The minimum Gasteiger partial charge on any atom is -0.463 e. The molecular formula is C12H21N3O3S. The van der Waals surface area contributed by atoms with E-state index in [1.54, 1.807) is 0 Å². The van der Waals surface area contributed by atoms with Crippen LogP contribution in [0, 0.1) is 6.92 Å². The molecule has 2 rings (SSSR count). The van der Waals surface area contributed by atoms with Crippen molar-refractivity contribution in [1.82, 2.24) is 9.21 Å². The molecule has 1 aliphatic heterocycles. The van der Waals surface area contributed by atoms with Gasteiger partial charge in [0.15, 0.2) is 0 Å². The van der Waals surface area contributed by atoms with Gasteiger partial charge in [-0.15, -0.1) is 0 Å². The second-order valence-electron chi connectivity index (χ2n) is 4.96. The van der Waals surface area contributed by atoms with Crippen molar-refractivity contribution >= 4 is 10.0 Å². The summed E-state index contributed by atoms with van der Waals surface area (Å²) in [5, 5.41) is 0. The molecule has 0 atom stereocenters. The van der Waals surface area contributed by atoms with E-state index in [1.165, 1.54) is 10.6 Å². The maximum Gasteiger partial charge on any atom is 0.211 e. The molecule has 1 aromatic heterocycles. The summed E-state index contributed by atoms with van der Waals surface area (Å²) >= 11 is 0. The van der Waals surface area contributed by atoms with Crippen molar-refractivity contribution in [2.75, 3.05) is 32.4 Å². The van der Waals surface area contributed by atoms with Gasteiger partial charge in [0.2, 0.25) is 10.0 Å². The third kappa shape index (κ3) is 3.56. The molecule has 0 saturated carbocycles. The molecular weight excluding hydrogens is 266 g/mol. The van der Waals surface area contributed by atoms with Gasteiger partial charge in [0.25, 0.3) is 0 Å².